The first-order chi connectivity index (χ1) is 8.55. The van der Waals surface area contributed by atoms with Crippen molar-refractivity contribution in [2.75, 3.05) is 0 Å². The standard InChI is InChI=1S/C15H17NO2/c1-15(14(17)18)9-5-7-11-10-6-3-4-8-12(10)16(2)13(11)15/h3-4,6,8H,5,7,9H2,1-2H3,(H,17,18). The highest BCUT2D eigenvalue weighted by molar-refractivity contribution is 5.90. The number of aromatic nitrogens is 1. The number of carboxylic acid groups (broad SMARTS) is 1. The molecule has 1 unspecified atom stereocenters. The van der Waals surface area contributed by atoms with E-state index in [1.807, 2.05) is 26.1 Å². The SMILES string of the molecule is Cn1c2c(c3ccccc31)CCCC2(C)C(=O)O. The first kappa shape index (κ1) is 11.3. The third-order valence-corrected chi connectivity index (χ3v) is 4.31. The predicted molar refractivity (Wildman–Crippen MR) is 70.8 cm³/mol. The van der Waals surface area contributed by atoms with E-state index in [0.29, 0.717) is 0 Å². The summed E-state index contributed by atoms with van der Waals surface area (Å²) in [6, 6.07) is 8.19. The second-order valence-corrected chi connectivity index (χ2v) is 5.39. The Morgan fingerprint density at radius 3 is 2.83 bits per heavy atom. The van der Waals surface area contributed by atoms with Crippen LogP contribution in [-0.4, -0.2) is 15.6 Å². The zero-order chi connectivity index (χ0) is 12.9. The summed E-state index contributed by atoms with van der Waals surface area (Å²) in [6.07, 6.45) is 2.66. The van der Waals surface area contributed by atoms with Crippen LogP contribution in [0.25, 0.3) is 10.9 Å². The van der Waals surface area contributed by atoms with Crippen molar-refractivity contribution in [1.29, 1.82) is 0 Å². The second kappa shape index (κ2) is 3.61. The molecule has 1 atom stereocenters. The van der Waals surface area contributed by atoms with Crippen molar-refractivity contribution >= 4 is 16.9 Å². The summed E-state index contributed by atoms with van der Waals surface area (Å²) in [4.78, 5) is 11.7. The molecule has 0 fully saturated rings. The maximum absolute atomic E-state index is 11.7. The number of carboxylic acids is 1. The first-order valence-corrected chi connectivity index (χ1v) is 6.36. The first-order valence-electron chi connectivity index (χ1n) is 6.36. The Bertz CT molecular complexity index is 641. The Morgan fingerprint density at radius 1 is 1.39 bits per heavy atom. The van der Waals surface area contributed by atoms with Gasteiger partial charge in [0.2, 0.25) is 0 Å². The molecule has 1 aliphatic carbocycles. The summed E-state index contributed by atoms with van der Waals surface area (Å²) >= 11 is 0. The highest BCUT2D eigenvalue weighted by Gasteiger charge is 2.42. The van der Waals surface area contributed by atoms with Crippen LogP contribution in [0.5, 0.6) is 0 Å². The van der Waals surface area contributed by atoms with E-state index in [-0.39, 0.29) is 0 Å². The van der Waals surface area contributed by atoms with Crippen LogP contribution in [0.4, 0.5) is 0 Å². The molecule has 0 bridgehead atoms. The monoisotopic (exact) mass is 243 g/mol. The normalized spacial score (nSPS) is 23.0. The molecule has 3 rings (SSSR count). The Hall–Kier alpha value is -1.77. The summed E-state index contributed by atoms with van der Waals surface area (Å²) < 4.78 is 2.07. The highest BCUT2D eigenvalue weighted by Crippen LogP contribution is 2.41. The van der Waals surface area contributed by atoms with Gasteiger partial charge in [0.1, 0.15) is 5.41 Å². The van der Waals surface area contributed by atoms with Crippen LogP contribution in [-0.2, 0) is 23.7 Å². The second-order valence-electron chi connectivity index (χ2n) is 5.39. The Morgan fingerprint density at radius 2 is 2.11 bits per heavy atom. The minimum Gasteiger partial charge on any atom is -0.481 e. The molecule has 1 aromatic heterocycles. The molecular weight excluding hydrogens is 226 g/mol. The number of para-hydroxylation sites is 1. The van der Waals surface area contributed by atoms with Crippen LogP contribution in [0.1, 0.15) is 31.0 Å². The van der Waals surface area contributed by atoms with Crippen molar-refractivity contribution in [1.82, 2.24) is 4.57 Å². The van der Waals surface area contributed by atoms with Gasteiger partial charge >= 0.3 is 5.97 Å². The van der Waals surface area contributed by atoms with Crippen LogP contribution < -0.4 is 0 Å². The van der Waals surface area contributed by atoms with E-state index in [1.165, 1.54) is 10.9 Å². The smallest absolute Gasteiger partial charge is 0.315 e. The van der Waals surface area contributed by atoms with Gasteiger partial charge in [0.15, 0.2) is 0 Å². The minimum atomic E-state index is -0.749. The van der Waals surface area contributed by atoms with Crippen LogP contribution in [0.3, 0.4) is 0 Å². The molecule has 0 aliphatic heterocycles. The van der Waals surface area contributed by atoms with Gasteiger partial charge in [0, 0.05) is 23.6 Å². The van der Waals surface area contributed by atoms with Crippen molar-refractivity contribution in [3.05, 3.63) is 35.5 Å². The van der Waals surface area contributed by atoms with Crippen molar-refractivity contribution < 1.29 is 9.90 Å². The van der Waals surface area contributed by atoms with E-state index in [0.717, 1.165) is 30.5 Å². The fourth-order valence-electron chi connectivity index (χ4n) is 3.37. The molecule has 0 spiro atoms. The number of rotatable bonds is 1. The molecule has 1 aliphatic rings. The molecule has 1 heterocycles. The maximum atomic E-state index is 11.7. The Kier molecular flexibility index (Phi) is 2.27. The summed E-state index contributed by atoms with van der Waals surface area (Å²) in [5, 5.41) is 10.8. The van der Waals surface area contributed by atoms with Crippen LogP contribution in [0.15, 0.2) is 24.3 Å². The van der Waals surface area contributed by atoms with Crippen molar-refractivity contribution in [2.45, 2.75) is 31.6 Å². The van der Waals surface area contributed by atoms with Gasteiger partial charge in [-0.2, -0.15) is 0 Å². The molecule has 0 amide bonds. The number of aliphatic carboxylic acids is 1. The van der Waals surface area contributed by atoms with Crippen LogP contribution in [0.2, 0.25) is 0 Å². The number of hydrogen-bond acceptors (Lipinski definition) is 1. The molecule has 18 heavy (non-hydrogen) atoms. The zero-order valence-electron chi connectivity index (χ0n) is 10.7. The summed E-state index contributed by atoms with van der Waals surface area (Å²) in [5.74, 6) is -0.714. The third-order valence-electron chi connectivity index (χ3n) is 4.31. The molecule has 1 aromatic carbocycles. The Labute approximate surface area is 106 Å². The van der Waals surface area contributed by atoms with E-state index in [2.05, 4.69) is 16.7 Å². The van der Waals surface area contributed by atoms with Crippen LogP contribution in [0, 0.1) is 0 Å². The van der Waals surface area contributed by atoms with Gasteiger partial charge in [-0.25, -0.2) is 0 Å². The Balaban J connectivity index is 2.40. The molecule has 1 N–H and O–H groups in total. The molecule has 0 radical (unpaired) electrons. The predicted octanol–water partition coefficient (Wildman–Crippen LogP) is 2.86. The number of carbonyl (C=O) groups is 1. The lowest BCUT2D eigenvalue weighted by molar-refractivity contribution is -0.144. The third kappa shape index (κ3) is 1.27. The topological polar surface area (TPSA) is 42.2 Å². The van der Waals surface area contributed by atoms with Crippen LogP contribution >= 0.6 is 0 Å². The number of nitrogens with zero attached hydrogens (tertiary/aromatic N) is 1. The van der Waals surface area contributed by atoms with Gasteiger partial charge in [-0.15, -0.1) is 0 Å². The molecule has 0 saturated carbocycles. The van der Waals surface area contributed by atoms with Gasteiger partial charge in [0.25, 0.3) is 0 Å². The number of benzene rings is 1. The van der Waals surface area contributed by atoms with Gasteiger partial charge in [0.05, 0.1) is 0 Å². The van der Waals surface area contributed by atoms with Crippen molar-refractivity contribution in [3.63, 3.8) is 0 Å². The van der Waals surface area contributed by atoms with E-state index in [4.69, 9.17) is 0 Å². The molecule has 2 aromatic rings. The van der Waals surface area contributed by atoms with E-state index in [9.17, 15) is 9.90 Å². The van der Waals surface area contributed by atoms with Gasteiger partial charge in [-0.05, 0) is 37.8 Å². The summed E-state index contributed by atoms with van der Waals surface area (Å²) in [7, 11) is 1.98. The average Bonchev–Trinajstić information content (AvgIpc) is 2.65. The van der Waals surface area contributed by atoms with Crippen molar-refractivity contribution in [3.8, 4) is 0 Å². The van der Waals surface area contributed by atoms with Gasteiger partial charge < -0.3 is 9.67 Å². The maximum Gasteiger partial charge on any atom is 0.315 e. The zero-order valence-corrected chi connectivity index (χ0v) is 10.7. The molecule has 94 valence electrons. The van der Waals surface area contributed by atoms with E-state index in [1.54, 1.807) is 0 Å². The number of hydrogen-bond donors (Lipinski definition) is 1. The quantitative estimate of drug-likeness (QED) is 0.836. The molecular formula is C15H17NO2. The minimum absolute atomic E-state index is 0.714. The number of aryl methyl sites for hydroxylation is 2. The largest absolute Gasteiger partial charge is 0.481 e. The fraction of sp³-hybridized carbons (Fsp3) is 0.400. The molecule has 3 heteroatoms. The van der Waals surface area contributed by atoms with E-state index >= 15 is 0 Å². The molecule has 0 saturated heterocycles. The van der Waals surface area contributed by atoms with Crippen molar-refractivity contribution in [2.24, 2.45) is 7.05 Å². The lowest BCUT2D eigenvalue weighted by Gasteiger charge is -2.31. The van der Waals surface area contributed by atoms with Gasteiger partial charge in [-0.1, -0.05) is 18.2 Å². The average molecular weight is 243 g/mol. The fourth-order valence-corrected chi connectivity index (χ4v) is 3.37. The lowest BCUT2D eigenvalue weighted by Crippen LogP contribution is -2.37. The number of fused-ring (bicyclic) bond motifs is 3. The summed E-state index contributed by atoms with van der Waals surface area (Å²) in [5.41, 5.74) is 2.60. The molecule has 3 nitrogen and oxygen atoms in total. The lowest BCUT2D eigenvalue weighted by atomic mass is 9.74. The highest BCUT2D eigenvalue weighted by atomic mass is 16.4. The summed E-state index contributed by atoms with van der Waals surface area (Å²) in [6.45, 7) is 1.85. The van der Waals surface area contributed by atoms with E-state index < -0.39 is 11.4 Å². The van der Waals surface area contributed by atoms with Gasteiger partial charge in [-0.3, -0.25) is 4.79 Å².